The number of carbonyl (C=O) groups is 1. The Kier molecular flexibility index (Phi) is 4.61. The number of rotatable bonds is 4. The molecule has 0 aliphatic rings. The van der Waals surface area contributed by atoms with Crippen LogP contribution in [0, 0.1) is 5.82 Å². The predicted octanol–water partition coefficient (Wildman–Crippen LogP) is 3.48. The highest BCUT2D eigenvalue weighted by Gasteiger charge is 2.26. The molecule has 1 aromatic carbocycles. The molecular weight excluding hydrogens is 305 g/mol. The van der Waals surface area contributed by atoms with Crippen LogP contribution < -0.4 is 0 Å². The van der Waals surface area contributed by atoms with Crippen LogP contribution in [0.4, 0.5) is 4.39 Å². The minimum atomic E-state index is -0.503. The van der Waals surface area contributed by atoms with Gasteiger partial charge in [0.1, 0.15) is 11.5 Å². The predicted molar refractivity (Wildman–Crippen MR) is 88.8 cm³/mol. The van der Waals surface area contributed by atoms with Crippen molar-refractivity contribution in [3.63, 3.8) is 0 Å². The lowest BCUT2D eigenvalue weighted by atomic mass is 10.0. The van der Waals surface area contributed by atoms with Gasteiger partial charge in [0.2, 0.25) is 0 Å². The third kappa shape index (κ3) is 3.30. The number of halogens is 1. The third-order valence-electron chi connectivity index (χ3n) is 3.72. The van der Waals surface area contributed by atoms with E-state index in [1.54, 1.807) is 55.8 Å². The van der Waals surface area contributed by atoms with Gasteiger partial charge in [0.05, 0.1) is 11.7 Å². The molecule has 0 aliphatic heterocycles. The summed E-state index contributed by atoms with van der Waals surface area (Å²) < 4.78 is 13.7. The first-order valence-corrected chi connectivity index (χ1v) is 7.51. The van der Waals surface area contributed by atoms with Crippen LogP contribution in [0.3, 0.4) is 0 Å². The van der Waals surface area contributed by atoms with E-state index < -0.39 is 6.04 Å². The quantitative estimate of drug-likeness (QED) is 0.739. The molecule has 2 aromatic heterocycles. The minimum absolute atomic E-state index is 0.254. The van der Waals surface area contributed by atoms with Crippen molar-refractivity contribution in [2.45, 2.75) is 6.04 Å². The highest BCUT2D eigenvalue weighted by molar-refractivity contribution is 5.92. The number of pyridine rings is 2. The Labute approximate surface area is 139 Å². The van der Waals surface area contributed by atoms with Gasteiger partial charge >= 0.3 is 0 Å². The van der Waals surface area contributed by atoms with Gasteiger partial charge in [0.25, 0.3) is 5.91 Å². The maximum Gasteiger partial charge on any atom is 0.273 e. The summed E-state index contributed by atoms with van der Waals surface area (Å²) in [5.74, 6) is -0.609. The molecule has 0 fully saturated rings. The minimum Gasteiger partial charge on any atom is -0.328 e. The van der Waals surface area contributed by atoms with Crippen molar-refractivity contribution in [3.05, 3.63) is 95.8 Å². The monoisotopic (exact) mass is 321 g/mol. The zero-order valence-corrected chi connectivity index (χ0v) is 13.1. The molecule has 0 unspecified atom stereocenters. The van der Waals surface area contributed by atoms with Crippen LogP contribution in [-0.2, 0) is 0 Å². The molecule has 120 valence electrons. The van der Waals surface area contributed by atoms with E-state index in [0.29, 0.717) is 17.0 Å². The van der Waals surface area contributed by atoms with Gasteiger partial charge < -0.3 is 4.90 Å². The van der Waals surface area contributed by atoms with Crippen molar-refractivity contribution in [3.8, 4) is 0 Å². The number of hydrogen-bond acceptors (Lipinski definition) is 3. The fraction of sp³-hybridized carbons (Fsp3) is 0.105. The SMILES string of the molecule is CN(C(=O)c1ccccn1)[C@@H](c1cccc(F)c1)c1ccccn1. The van der Waals surface area contributed by atoms with Crippen LogP contribution in [0.5, 0.6) is 0 Å². The molecule has 5 heteroatoms. The van der Waals surface area contributed by atoms with E-state index in [4.69, 9.17) is 0 Å². The summed E-state index contributed by atoms with van der Waals surface area (Å²) in [6, 6.07) is 16.3. The summed E-state index contributed by atoms with van der Waals surface area (Å²) in [6.07, 6.45) is 3.22. The van der Waals surface area contributed by atoms with Crippen LogP contribution in [0.25, 0.3) is 0 Å². The summed E-state index contributed by atoms with van der Waals surface area (Å²) >= 11 is 0. The number of carbonyl (C=O) groups excluding carboxylic acids is 1. The summed E-state index contributed by atoms with van der Waals surface area (Å²) in [5, 5.41) is 0. The Bertz CT molecular complexity index is 824. The number of hydrogen-bond donors (Lipinski definition) is 0. The summed E-state index contributed by atoms with van der Waals surface area (Å²) in [6.45, 7) is 0. The number of nitrogens with zero attached hydrogens (tertiary/aromatic N) is 3. The molecule has 0 aliphatic carbocycles. The molecule has 0 saturated carbocycles. The van der Waals surface area contributed by atoms with Gasteiger partial charge in [-0.15, -0.1) is 0 Å². The smallest absolute Gasteiger partial charge is 0.273 e. The fourth-order valence-electron chi connectivity index (χ4n) is 2.59. The van der Waals surface area contributed by atoms with Crippen molar-refractivity contribution in [2.75, 3.05) is 7.05 Å². The van der Waals surface area contributed by atoms with Crippen LogP contribution in [0.1, 0.15) is 27.8 Å². The van der Waals surface area contributed by atoms with E-state index >= 15 is 0 Å². The Hall–Kier alpha value is -3.08. The lowest BCUT2D eigenvalue weighted by molar-refractivity contribution is 0.0746. The molecule has 4 nitrogen and oxygen atoms in total. The maximum absolute atomic E-state index is 13.7. The average Bonchev–Trinajstić information content (AvgIpc) is 2.63. The van der Waals surface area contributed by atoms with E-state index in [1.807, 2.05) is 12.1 Å². The number of aromatic nitrogens is 2. The third-order valence-corrected chi connectivity index (χ3v) is 3.72. The Morgan fingerprint density at radius 1 is 1.00 bits per heavy atom. The molecule has 3 aromatic rings. The van der Waals surface area contributed by atoms with Crippen molar-refractivity contribution in [2.24, 2.45) is 0 Å². The van der Waals surface area contributed by atoms with Crippen molar-refractivity contribution < 1.29 is 9.18 Å². The molecule has 3 rings (SSSR count). The van der Waals surface area contributed by atoms with Crippen LogP contribution in [-0.4, -0.2) is 27.8 Å². The van der Waals surface area contributed by atoms with E-state index in [0.717, 1.165) is 0 Å². The van der Waals surface area contributed by atoms with Crippen LogP contribution >= 0.6 is 0 Å². The largest absolute Gasteiger partial charge is 0.328 e. The van der Waals surface area contributed by atoms with Crippen molar-refractivity contribution in [1.29, 1.82) is 0 Å². The van der Waals surface area contributed by atoms with Gasteiger partial charge in [0, 0.05) is 19.4 Å². The molecule has 24 heavy (non-hydrogen) atoms. The van der Waals surface area contributed by atoms with E-state index in [2.05, 4.69) is 9.97 Å². The van der Waals surface area contributed by atoms with Gasteiger partial charge in [0.15, 0.2) is 0 Å². The van der Waals surface area contributed by atoms with E-state index in [-0.39, 0.29) is 11.7 Å². The van der Waals surface area contributed by atoms with Gasteiger partial charge in [-0.05, 0) is 42.0 Å². The van der Waals surface area contributed by atoms with Crippen LogP contribution in [0.15, 0.2) is 73.1 Å². The zero-order valence-electron chi connectivity index (χ0n) is 13.1. The number of amides is 1. The molecule has 0 spiro atoms. The first-order chi connectivity index (χ1) is 11.7. The first-order valence-electron chi connectivity index (χ1n) is 7.51. The summed E-state index contributed by atoms with van der Waals surface area (Å²) in [7, 11) is 1.67. The zero-order chi connectivity index (χ0) is 16.9. The highest BCUT2D eigenvalue weighted by Crippen LogP contribution is 2.27. The maximum atomic E-state index is 13.7. The molecule has 0 radical (unpaired) electrons. The second-order valence-corrected chi connectivity index (χ2v) is 5.34. The molecule has 1 atom stereocenters. The lowest BCUT2D eigenvalue weighted by Crippen LogP contribution is -2.33. The Morgan fingerprint density at radius 3 is 2.38 bits per heavy atom. The molecule has 0 N–H and O–H groups in total. The van der Waals surface area contributed by atoms with Crippen molar-refractivity contribution >= 4 is 5.91 Å². The van der Waals surface area contributed by atoms with Gasteiger partial charge in [-0.2, -0.15) is 0 Å². The van der Waals surface area contributed by atoms with Crippen molar-refractivity contribution in [1.82, 2.24) is 14.9 Å². The molecular formula is C19H16FN3O. The van der Waals surface area contributed by atoms with E-state index in [9.17, 15) is 9.18 Å². The normalized spacial score (nSPS) is 11.8. The second-order valence-electron chi connectivity index (χ2n) is 5.34. The van der Waals surface area contributed by atoms with Gasteiger partial charge in [-0.25, -0.2) is 4.39 Å². The standard InChI is InChI=1S/C19H16FN3O/c1-23(19(24)17-10-3-5-12-22-17)18(16-9-2-4-11-21-16)14-7-6-8-15(20)13-14/h2-13,18H,1H3/t18-/m0/s1. The Morgan fingerprint density at radius 2 is 1.75 bits per heavy atom. The Balaban J connectivity index is 2.03. The second kappa shape index (κ2) is 7.00. The molecule has 2 heterocycles. The molecule has 0 bridgehead atoms. The van der Waals surface area contributed by atoms with Crippen LogP contribution in [0.2, 0.25) is 0 Å². The fourth-order valence-corrected chi connectivity index (χ4v) is 2.59. The van der Waals surface area contributed by atoms with Gasteiger partial charge in [-0.3, -0.25) is 14.8 Å². The lowest BCUT2D eigenvalue weighted by Gasteiger charge is -2.28. The molecule has 0 saturated heterocycles. The summed E-state index contributed by atoms with van der Waals surface area (Å²) in [4.78, 5) is 22.7. The first kappa shape index (κ1) is 15.8. The highest BCUT2D eigenvalue weighted by atomic mass is 19.1. The topological polar surface area (TPSA) is 46.1 Å². The van der Waals surface area contributed by atoms with E-state index in [1.165, 1.54) is 17.0 Å². The molecule has 1 amide bonds. The number of benzene rings is 1. The summed E-state index contributed by atoms with van der Waals surface area (Å²) in [5.41, 5.74) is 1.65. The average molecular weight is 321 g/mol. The van der Waals surface area contributed by atoms with Gasteiger partial charge in [-0.1, -0.05) is 24.3 Å².